The minimum Gasteiger partial charge on any atom is -0.444 e. The lowest BCUT2D eigenvalue weighted by atomic mass is 10.1. The summed E-state index contributed by atoms with van der Waals surface area (Å²) >= 11 is 0. The van der Waals surface area contributed by atoms with E-state index in [2.05, 4.69) is 6.58 Å². The second-order valence-corrected chi connectivity index (χ2v) is 6.23. The Hall–Kier alpha value is -3.33. The van der Waals surface area contributed by atoms with Crippen LogP contribution in [-0.4, -0.2) is 6.09 Å². The molecule has 0 bridgehead atoms. The van der Waals surface area contributed by atoms with Crippen molar-refractivity contribution >= 4 is 11.8 Å². The van der Waals surface area contributed by atoms with E-state index in [4.69, 9.17) is 4.74 Å². The molecule has 3 aromatic rings. The Labute approximate surface area is 160 Å². The summed E-state index contributed by atoms with van der Waals surface area (Å²) in [4.78, 5) is 14.6. The fourth-order valence-electron chi connectivity index (χ4n) is 2.91. The maximum Gasteiger partial charge on any atom is 0.414 e. The number of hydrogen-bond donors (Lipinski definition) is 0. The molecule has 0 aliphatic carbocycles. The zero-order valence-electron chi connectivity index (χ0n) is 15.3. The van der Waals surface area contributed by atoms with Gasteiger partial charge in [-0.25, -0.2) is 4.79 Å². The van der Waals surface area contributed by atoms with E-state index < -0.39 is 0 Å². The summed E-state index contributed by atoms with van der Waals surface area (Å²) in [5.41, 5.74) is 3.90. The van der Waals surface area contributed by atoms with E-state index >= 15 is 0 Å². The largest absolute Gasteiger partial charge is 0.444 e. The molecule has 0 aliphatic heterocycles. The number of nitrogens with zero attached hydrogens (tertiary/aromatic N) is 1. The molecule has 3 aromatic carbocycles. The van der Waals surface area contributed by atoms with Crippen molar-refractivity contribution < 1.29 is 9.53 Å². The molecule has 0 saturated heterocycles. The van der Waals surface area contributed by atoms with E-state index in [1.54, 1.807) is 4.90 Å². The van der Waals surface area contributed by atoms with Crippen molar-refractivity contribution in [2.75, 3.05) is 4.90 Å². The third kappa shape index (κ3) is 5.08. The van der Waals surface area contributed by atoms with Gasteiger partial charge in [-0.2, -0.15) is 0 Å². The number of para-hydroxylation sites is 1. The van der Waals surface area contributed by atoms with Gasteiger partial charge in [0.1, 0.15) is 6.61 Å². The van der Waals surface area contributed by atoms with Crippen LogP contribution in [0.4, 0.5) is 10.5 Å². The molecular weight excluding hydrogens is 334 g/mol. The molecule has 0 atom stereocenters. The van der Waals surface area contributed by atoms with E-state index in [9.17, 15) is 4.79 Å². The standard InChI is InChI=1S/C24H23NO2/c1-2-11-22-16-9-10-17-23(22)25(18-20-12-5-3-6-13-20)24(26)27-19-21-14-7-4-8-15-21/h2-10,12-17H,1,11,18-19H2. The van der Waals surface area contributed by atoms with Gasteiger partial charge in [0.25, 0.3) is 0 Å². The number of hydrogen-bond acceptors (Lipinski definition) is 2. The molecule has 3 heteroatoms. The summed E-state index contributed by atoms with van der Waals surface area (Å²) in [6, 6.07) is 27.5. The van der Waals surface area contributed by atoms with Crippen molar-refractivity contribution in [3.05, 3.63) is 114 Å². The average Bonchev–Trinajstić information content (AvgIpc) is 2.73. The maximum absolute atomic E-state index is 13.0. The topological polar surface area (TPSA) is 29.5 Å². The molecule has 0 aromatic heterocycles. The molecule has 0 saturated carbocycles. The van der Waals surface area contributed by atoms with Crippen molar-refractivity contribution in [2.45, 2.75) is 19.6 Å². The zero-order valence-corrected chi connectivity index (χ0v) is 15.3. The predicted molar refractivity (Wildman–Crippen MR) is 110 cm³/mol. The van der Waals surface area contributed by atoms with Crippen LogP contribution in [0.3, 0.4) is 0 Å². The van der Waals surface area contributed by atoms with Crippen LogP contribution in [0, 0.1) is 0 Å². The summed E-state index contributed by atoms with van der Waals surface area (Å²) in [6.07, 6.45) is 2.17. The number of allylic oxidation sites excluding steroid dienone is 1. The Kier molecular flexibility index (Phi) is 6.42. The highest BCUT2D eigenvalue weighted by molar-refractivity contribution is 5.88. The Bertz CT molecular complexity index is 875. The number of anilines is 1. The molecule has 27 heavy (non-hydrogen) atoms. The van der Waals surface area contributed by atoms with Crippen LogP contribution in [0.15, 0.2) is 97.6 Å². The fourth-order valence-corrected chi connectivity index (χ4v) is 2.91. The molecule has 3 nitrogen and oxygen atoms in total. The lowest BCUT2D eigenvalue weighted by Crippen LogP contribution is -2.31. The van der Waals surface area contributed by atoms with E-state index in [1.165, 1.54) is 0 Å². The highest BCUT2D eigenvalue weighted by atomic mass is 16.6. The highest BCUT2D eigenvalue weighted by Crippen LogP contribution is 2.24. The molecule has 0 spiro atoms. The summed E-state index contributed by atoms with van der Waals surface area (Å²) < 4.78 is 5.61. The van der Waals surface area contributed by atoms with Gasteiger partial charge in [0, 0.05) is 0 Å². The highest BCUT2D eigenvalue weighted by Gasteiger charge is 2.20. The molecule has 0 unspecified atom stereocenters. The number of rotatable bonds is 7. The van der Waals surface area contributed by atoms with Crippen molar-refractivity contribution in [1.29, 1.82) is 0 Å². The Balaban J connectivity index is 1.85. The van der Waals surface area contributed by atoms with Gasteiger partial charge in [0.05, 0.1) is 12.2 Å². The number of amides is 1. The van der Waals surface area contributed by atoms with Gasteiger partial charge in [-0.3, -0.25) is 4.90 Å². The average molecular weight is 357 g/mol. The van der Waals surface area contributed by atoms with E-state index in [-0.39, 0.29) is 12.7 Å². The molecular formula is C24H23NO2. The first kappa shape index (κ1) is 18.5. The lowest BCUT2D eigenvalue weighted by molar-refractivity contribution is 0.146. The normalized spacial score (nSPS) is 10.2. The number of ether oxygens (including phenoxy) is 1. The first-order valence-corrected chi connectivity index (χ1v) is 8.99. The Morgan fingerprint density at radius 1 is 0.852 bits per heavy atom. The van der Waals surface area contributed by atoms with Gasteiger partial charge >= 0.3 is 6.09 Å². The van der Waals surface area contributed by atoms with Crippen LogP contribution in [0.5, 0.6) is 0 Å². The zero-order chi connectivity index (χ0) is 18.9. The summed E-state index contributed by atoms with van der Waals surface area (Å²) in [7, 11) is 0. The van der Waals surface area contributed by atoms with Gasteiger partial charge < -0.3 is 4.74 Å². The van der Waals surface area contributed by atoms with E-state index in [0.29, 0.717) is 13.0 Å². The van der Waals surface area contributed by atoms with Gasteiger partial charge in [-0.1, -0.05) is 84.9 Å². The summed E-state index contributed by atoms with van der Waals surface area (Å²) in [5, 5.41) is 0. The van der Waals surface area contributed by atoms with E-state index in [1.807, 2.05) is 91.0 Å². The summed E-state index contributed by atoms with van der Waals surface area (Å²) in [6.45, 7) is 4.52. The van der Waals surface area contributed by atoms with Gasteiger partial charge in [-0.15, -0.1) is 6.58 Å². The Morgan fingerprint density at radius 2 is 1.44 bits per heavy atom. The molecule has 0 aliphatic rings. The SMILES string of the molecule is C=CCc1ccccc1N(Cc1ccccc1)C(=O)OCc1ccccc1. The molecule has 0 N–H and O–H groups in total. The van der Waals surface area contributed by atoms with Crippen molar-refractivity contribution in [3.63, 3.8) is 0 Å². The van der Waals surface area contributed by atoms with Gasteiger partial charge in [0.15, 0.2) is 0 Å². The molecule has 0 radical (unpaired) electrons. The lowest BCUT2D eigenvalue weighted by Gasteiger charge is -2.24. The molecule has 0 fully saturated rings. The first-order chi connectivity index (χ1) is 13.3. The monoisotopic (exact) mass is 357 g/mol. The fraction of sp³-hybridized carbons (Fsp3) is 0.125. The maximum atomic E-state index is 13.0. The quantitative estimate of drug-likeness (QED) is 0.503. The molecule has 3 rings (SSSR count). The molecule has 1 amide bonds. The number of carbonyl (C=O) groups excluding carboxylic acids is 1. The minimum atomic E-state index is -0.362. The van der Waals surface area contributed by atoms with Crippen molar-refractivity contribution in [3.8, 4) is 0 Å². The van der Waals surface area contributed by atoms with E-state index in [0.717, 1.165) is 22.4 Å². The van der Waals surface area contributed by atoms with Gasteiger partial charge in [0.2, 0.25) is 0 Å². The third-order valence-corrected chi connectivity index (χ3v) is 4.26. The van der Waals surface area contributed by atoms with Crippen LogP contribution in [0.25, 0.3) is 0 Å². The minimum absolute atomic E-state index is 0.245. The Morgan fingerprint density at radius 3 is 2.11 bits per heavy atom. The smallest absolute Gasteiger partial charge is 0.414 e. The van der Waals surface area contributed by atoms with Crippen LogP contribution in [0.2, 0.25) is 0 Å². The van der Waals surface area contributed by atoms with Crippen LogP contribution >= 0.6 is 0 Å². The number of carbonyl (C=O) groups is 1. The van der Waals surface area contributed by atoms with Crippen LogP contribution in [-0.2, 0) is 24.3 Å². The second kappa shape index (κ2) is 9.39. The van der Waals surface area contributed by atoms with Gasteiger partial charge in [-0.05, 0) is 29.2 Å². The third-order valence-electron chi connectivity index (χ3n) is 4.26. The van der Waals surface area contributed by atoms with Crippen LogP contribution < -0.4 is 4.90 Å². The first-order valence-electron chi connectivity index (χ1n) is 8.99. The molecule has 136 valence electrons. The summed E-state index contributed by atoms with van der Waals surface area (Å²) in [5.74, 6) is 0. The number of benzene rings is 3. The molecule has 0 heterocycles. The van der Waals surface area contributed by atoms with Crippen molar-refractivity contribution in [1.82, 2.24) is 0 Å². The predicted octanol–water partition coefficient (Wildman–Crippen LogP) is 5.76. The van der Waals surface area contributed by atoms with Crippen molar-refractivity contribution in [2.24, 2.45) is 0 Å². The van der Waals surface area contributed by atoms with Crippen LogP contribution in [0.1, 0.15) is 16.7 Å². The second-order valence-electron chi connectivity index (χ2n) is 6.23.